The molecule has 0 N–H and O–H groups in total. The number of nitrogens with zero attached hydrogens (tertiary/aromatic N) is 2. The lowest BCUT2D eigenvalue weighted by atomic mass is 9.94. The second-order valence-electron chi connectivity index (χ2n) is 10.8. The maximum Gasteiger partial charge on any atom is 0.380 e. The van der Waals surface area contributed by atoms with Crippen LogP contribution in [0.5, 0.6) is 0 Å². The van der Waals surface area contributed by atoms with Crippen LogP contribution in [-0.4, -0.2) is 54.9 Å². The smallest absolute Gasteiger partial charge is 0.380 e. The molecule has 39 heavy (non-hydrogen) atoms. The number of aryl methyl sites for hydroxylation is 2. The van der Waals surface area contributed by atoms with Crippen molar-refractivity contribution in [2.45, 2.75) is 71.4 Å². The van der Waals surface area contributed by atoms with Gasteiger partial charge >= 0.3 is 17.8 Å². The number of hydrogen-bond acceptors (Lipinski definition) is 6. The number of ether oxygens (including phenoxy) is 2. The lowest BCUT2D eigenvalue weighted by molar-refractivity contribution is -0.254. The fourth-order valence-electron chi connectivity index (χ4n) is 4.86. The highest BCUT2D eigenvalue weighted by Crippen LogP contribution is 2.66. The summed E-state index contributed by atoms with van der Waals surface area (Å²) < 4.78 is 104. The molecule has 2 aromatic rings. The topological polar surface area (TPSA) is 43.2 Å². The van der Waals surface area contributed by atoms with Crippen LogP contribution < -0.4 is 0 Å². The zero-order valence-corrected chi connectivity index (χ0v) is 23.8. The molecule has 0 fully saturated rings. The third-order valence-electron chi connectivity index (χ3n) is 7.19. The fourth-order valence-corrected chi connectivity index (χ4v) is 6.80. The Morgan fingerprint density at radius 2 is 1.08 bits per heavy atom. The average Bonchev–Trinajstić information content (AvgIpc) is 3.62. The Labute approximate surface area is 230 Å². The van der Waals surface area contributed by atoms with Crippen molar-refractivity contribution in [3.05, 3.63) is 42.8 Å². The van der Waals surface area contributed by atoms with Gasteiger partial charge in [-0.1, -0.05) is 27.7 Å². The molecule has 12 heteroatoms. The molecule has 212 valence electrons. The van der Waals surface area contributed by atoms with Gasteiger partial charge in [0.25, 0.3) is 0 Å². The number of thiophene rings is 2. The van der Waals surface area contributed by atoms with Crippen LogP contribution in [0.3, 0.4) is 0 Å². The van der Waals surface area contributed by atoms with Crippen LogP contribution in [-0.2, 0) is 9.47 Å². The Hall–Kier alpha value is -2.34. The molecule has 0 radical (unpaired) electrons. The van der Waals surface area contributed by atoms with Crippen LogP contribution in [0.4, 0.5) is 26.3 Å². The van der Waals surface area contributed by atoms with Gasteiger partial charge < -0.3 is 9.47 Å². The highest BCUT2D eigenvalue weighted by atomic mass is 32.1. The molecule has 1 aliphatic carbocycles. The molecular weight excluding hydrogens is 562 g/mol. The van der Waals surface area contributed by atoms with Crippen molar-refractivity contribution in [3.63, 3.8) is 0 Å². The fraction of sp³-hybridized carbons (Fsp3) is 0.556. The van der Waals surface area contributed by atoms with E-state index in [1.54, 1.807) is 13.8 Å². The van der Waals surface area contributed by atoms with E-state index < -0.39 is 40.0 Å². The van der Waals surface area contributed by atoms with Crippen LogP contribution in [0.15, 0.2) is 22.1 Å². The molecule has 0 unspecified atom stereocenters. The summed E-state index contributed by atoms with van der Waals surface area (Å²) in [7, 11) is 0. The van der Waals surface area contributed by atoms with E-state index in [0.717, 1.165) is 22.7 Å². The van der Waals surface area contributed by atoms with Crippen molar-refractivity contribution in [2.24, 2.45) is 21.8 Å². The predicted molar refractivity (Wildman–Crippen MR) is 142 cm³/mol. The minimum atomic E-state index is -5.68. The molecule has 0 aromatic carbocycles. The third-order valence-corrected chi connectivity index (χ3v) is 9.27. The summed E-state index contributed by atoms with van der Waals surface area (Å²) in [6.07, 6.45) is 0. The molecule has 4 nitrogen and oxygen atoms in total. The lowest BCUT2D eigenvalue weighted by Gasteiger charge is -2.25. The largest absolute Gasteiger partial charge is 0.475 e. The maximum absolute atomic E-state index is 15.6. The number of alkyl halides is 6. The Morgan fingerprint density at radius 3 is 1.38 bits per heavy atom. The van der Waals surface area contributed by atoms with Gasteiger partial charge in [0.1, 0.15) is 13.2 Å². The summed E-state index contributed by atoms with van der Waals surface area (Å²) in [4.78, 5) is 9.89. The molecule has 5 rings (SSSR count). The second kappa shape index (κ2) is 9.36. The van der Waals surface area contributed by atoms with Crippen molar-refractivity contribution in [2.75, 3.05) is 13.2 Å². The van der Waals surface area contributed by atoms with E-state index >= 15 is 26.3 Å². The van der Waals surface area contributed by atoms with Crippen LogP contribution in [0, 0.1) is 25.7 Å². The average molecular weight is 591 g/mol. The van der Waals surface area contributed by atoms with E-state index in [1.165, 1.54) is 12.1 Å². The van der Waals surface area contributed by atoms with Gasteiger partial charge in [0, 0.05) is 32.0 Å². The number of rotatable bonds is 6. The summed E-state index contributed by atoms with van der Waals surface area (Å²) in [5.74, 6) is -15.9. The lowest BCUT2D eigenvalue weighted by Crippen LogP contribution is -2.49. The molecule has 4 heterocycles. The first-order chi connectivity index (χ1) is 18.1. The molecule has 2 atom stereocenters. The maximum atomic E-state index is 15.6. The van der Waals surface area contributed by atoms with Gasteiger partial charge in [-0.15, -0.1) is 22.7 Å². The highest BCUT2D eigenvalue weighted by Gasteiger charge is 2.80. The van der Waals surface area contributed by atoms with E-state index in [-0.39, 0.29) is 58.7 Å². The zero-order valence-electron chi connectivity index (χ0n) is 22.2. The first kappa shape index (κ1) is 28.2. The van der Waals surface area contributed by atoms with Crippen molar-refractivity contribution < 1.29 is 35.8 Å². The summed E-state index contributed by atoms with van der Waals surface area (Å²) >= 11 is 1.98. The van der Waals surface area contributed by atoms with Crippen LogP contribution in [0.1, 0.15) is 58.3 Å². The zero-order chi connectivity index (χ0) is 28.7. The number of aliphatic imine (C=N–C) groups is 2. The van der Waals surface area contributed by atoms with Gasteiger partial charge in [-0.3, -0.25) is 0 Å². The molecule has 3 aliphatic rings. The number of halogens is 6. The van der Waals surface area contributed by atoms with Crippen LogP contribution in [0.25, 0.3) is 11.1 Å². The van der Waals surface area contributed by atoms with E-state index in [0.29, 0.717) is 9.75 Å². The summed E-state index contributed by atoms with van der Waals surface area (Å²) in [5, 5.41) is 0. The molecule has 0 spiro atoms. The quantitative estimate of drug-likeness (QED) is 0.322. The normalized spacial score (nSPS) is 25.4. The summed E-state index contributed by atoms with van der Waals surface area (Å²) in [5.41, 5.74) is -3.70. The molecule has 2 aromatic heterocycles. The van der Waals surface area contributed by atoms with Crippen molar-refractivity contribution in [1.82, 2.24) is 0 Å². The Morgan fingerprint density at radius 1 is 0.718 bits per heavy atom. The van der Waals surface area contributed by atoms with Gasteiger partial charge in [0.05, 0.1) is 21.8 Å². The van der Waals surface area contributed by atoms with Crippen LogP contribution in [0.2, 0.25) is 0 Å². The standard InChI is InChI=1S/C27H28F6N2O2S2/c1-11(2)17-9-36-23(34-17)21-15(7-13(5)38-21)19-20(26(30,31)27(32,33)25(19,28)29)16-8-14(6)39-22(16)24-35-18(10-37-24)12(3)4/h7-8,11-12,17-18H,9-10H2,1-6H3/t17-,18-/m1/s1. The van der Waals surface area contributed by atoms with E-state index in [4.69, 9.17) is 9.47 Å². The Kier molecular flexibility index (Phi) is 6.77. The predicted octanol–water partition coefficient (Wildman–Crippen LogP) is 7.86. The van der Waals surface area contributed by atoms with Crippen molar-refractivity contribution >= 4 is 45.6 Å². The van der Waals surface area contributed by atoms with Gasteiger partial charge in [-0.2, -0.15) is 26.3 Å². The molecular formula is C27H28F6N2O2S2. The van der Waals surface area contributed by atoms with E-state index in [1.807, 2.05) is 27.7 Å². The second-order valence-corrected chi connectivity index (χ2v) is 13.3. The monoisotopic (exact) mass is 590 g/mol. The molecule has 0 saturated carbocycles. The number of hydrogen-bond donors (Lipinski definition) is 0. The first-order valence-corrected chi connectivity index (χ1v) is 14.2. The first-order valence-electron chi connectivity index (χ1n) is 12.6. The van der Waals surface area contributed by atoms with Gasteiger partial charge in [0.15, 0.2) is 0 Å². The van der Waals surface area contributed by atoms with E-state index in [2.05, 4.69) is 9.98 Å². The minimum absolute atomic E-state index is 0.00650. The third kappa shape index (κ3) is 4.24. The van der Waals surface area contributed by atoms with Crippen molar-refractivity contribution in [3.8, 4) is 0 Å². The van der Waals surface area contributed by atoms with Crippen molar-refractivity contribution in [1.29, 1.82) is 0 Å². The summed E-state index contributed by atoms with van der Waals surface area (Å²) in [6.45, 7) is 11.2. The molecule has 0 amide bonds. The molecule has 2 aliphatic heterocycles. The summed E-state index contributed by atoms with van der Waals surface area (Å²) in [6, 6.07) is 1.92. The van der Waals surface area contributed by atoms with Gasteiger partial charge in [0.2, 0.25) is 11.8 Å². The SMILES string of the molecule is Cc1cc(C2=C(c3cc(C)sc3C3=N[C@@H](C(C)C)CO3)C(F)(F)C(F)(F)C2(F)F)c(C2=N[C@@H](C(C)C)CO2)s1. The Balaban J connectivity index is 1.78. The molecule has 0 saturated heterocycles. The number of allylic oxidation sites excluding steroid dienone is 2. The van der Waals surface area contributed by atoms with Gasteiger partial charge in [-0.25, -0.2) is 9.98 Å². The minimum Gasteiger partial charge on any atom is -0.475 e. The van der Waals surface area contributed by atoms with Crippen LogP contribution >= 0.6 is 22.7 Å². The molecule has 0 bridgehead atoms. The highest BCUT2D eigenvalue weighted by molar-refractivity contribution is 7.14. The van der Waals surface area contributed by atoms with Gasteiger partial charge in [-0.05, 0) is 37.8 Å². The van der Waals surface area contributed by atoms with E-state index in [9.17, 15) is 0 Å². The Bertz CT molecular complexity index is 1300.